The molecule has 1 aliphatic heterocycles. The fourth-order valence-electron chi connectivity index (χ4n) is 3.47. The van der Waals surface area contributed by atoms with Gasteiger partial charge in [-0.1, -0.05) is 0 Å². The number of nitrogens with one attached hydrogen (secondary N) is 1. The zero-order valence-electron chi connectivity index (χ0n) is 18.8. The average molecular weight is 487 g/mol. The molecule has 1 fully saturated rings. The Kier molecular flexibility index (Phi) is 11.6. The van der Waals surface area contributed by atoms with Gasteiger partial charge in [-0.25, -0.2) is 4.79 Å². The third-order valence-electron chi connectivity index (χ3n) is 4.77. The summed E-state index contributed by atoms with van der Waals surface area (Å²) >= 11 is 3.93. The van der Waals surface area contributed by atoms with E-state index in [0.29, 0.717) is 4.57 Å². The van der Waals surface area contributed by atoms with Gasteiger partial charge in [-0.05, 0) is 20.8 Å². The van der Waals surface area contributed by atoms with Crippen LogP contribution in [-0.2, 0) is 24.8 Å². The fourth-order valence-corrected chi connectivity index (χ4v) is 3.93. The second kappa shape index (κ2) is 11.8. The van der Waals surface area contributed by atoms with Crippen molar-refractivity contribution in [3.63, 3.8) is 0 Å². The van der Waals surface area contributed by atoms with Crippen LogP contribution in [0.4, 0.5) is 0 Å². The summed E-state index contributed by atoms with van der Waals surface area (Å²) in [5, 5.41) is 32.0. The van der Waals surface area contributed by atoms with Crippen molar-refractivity contribution in [3.05, 3.63) is 72.6 Å². The number of rotatable bonds is 5. The zero-order chi connectivity index (χ0) is 27.0. The molecule has 1 saturated heterocycles. The molecule has 1 aromatic rings. The van der Waals surface area contributed by atoms with E-state index in [1.807, 2.05) is 4.98 Å². The molecule has 184 valence electrons. The second-order valence-corrected chi connectivity index (χ2v) is 6.98. The quantitative estimate of drug-likeness (QED) is 0.271. The van der Waals surface area contributed by atoms with Gasteiger partial charge < -0.3 is 20.1 Å². The van der Waals surface area contributed by atoms with Crippen molar-refractivity contribution < 1.29 is 34.4 Å². The van der Waals surface area contributed by atoms with Gasteiger partial charge in [0.15, 0.2) is 22.3 Å². The number of carbonyl (C=O) groups is 3. The van der Waals surface area contributed by atoms with E-state index >= 15 is 0 Å². The smallest absolute Gasteiger partial charge is 0.331 e. The molecule has 0 spiro atoms. The molecule has 0 unspecified atom stereocenters. The highest BCUT2D eigenvalue weighted by molar-refractivity contribution is 7.81. The monoisotopic (exact) mass is 486 g/mol. The van der Waals surface area contributed by atoms with Crippen molar-refractivity contribution in [1.29, 1.82) is 0 Å². The molecule has 11 nitrogen and oxygen atoms in total. The molecule has 33 heavy (non-hydrogen) atoms. The average Bonchev–Trinajstić information content (AvgIpc) is 2.96. The third-order valence-corrected chi connectivity index (χ3v) is 5.33. The largest absolute Gasteiger partial charge is 0.392 e. The minimum absolute atomic E-state index is 0.361. The van der Waals surface area contributed by atoms with Crippen LogP contribution in [0.5, 0.6) is 0 Å². The number of hydrogen-bond donors (Lipinski definition) is 5. The number of ether oxygens (including phenoxy) is 1. The van der Waals surface area contributed by atoms with Crippen molar-refractivity contribution in [2.75, 3.05) is 6.61 Å². The molecule has 2 rings (SSSR count). The Labute approximate surface area is 196 Å². The summed E-state index contributed by atoms with van der Waals surface area (Å²) < 4.78 is 5.73. The van der Waals surface area contributed by atoms with Gasteiger partial charge in [0.1, 0.15) is 0 Å². The summed E-state index contributed by atoms with van der Waals surface area (Å²) in [7, 11) is 0. The Morgan fingerprint density at radius 1 is 0.970 bits per heavy atom. The van der Waals surface area contributed by atoms with Crippen LogP contribution in [0.15, 0.2) is 61.3 Å². The number of aliphatic hydroxyl groups excluding tert-OH is 1. The van der Waals surface area contributed by atoms with E-state index in [4.69, 9.17) is 4.74 Å². The molecule has 4 atom stereocenters. The molecule has 2 heterocycles. The highest BCUT2D eigenvalue weighted by atomic mass is 32.1. The maximum Gasteiger partial charge on any atom is 0.331 e. The summed E-state index contributed by atoms with van der Waals surface area (Å²) in [6, 6.07) is 0.792. The van der Waals surface area contributed by atoms with Crippen molar-refractivity contribution in [1.82, 2.24) is 9.55 Å². The van der Waals surface area contributed by atoms with Crippen LogP contribution in [-0.4, -0.2) is 65.0 Å². The van der Waals surface area contributed by atoms with Gasteiger partial charge in [0.25, 0.3) is 5.56 Å². The van der Waals surface area contributed by atoms with Gasteiger partial charge in [0.05, 0.1) is 6.61 Å². The molecule has 0 saturated carbocycles. The predicted octanol–water partition coefficient (Wildman–Crippen LogP) is -0.526. The molecule has 0 radical (unpaired) electrons. The van der Waals surface area contributed by atoms with E-state index in [9.17, 15) is 39.3 Å². The first-order valence-electron chi connectivity index (χ1n) is 9.10. The van der Waals surface area contributed by atoms with Gasteiger partial charge in [-0.3, -0.25) is 28.7 Å². The topological polar surface area (TPSA) is 176 Å². The highest BCUT2D eigenvalue weighted by Gasteiger charge is 2.85. The Morgan fingerprint density at radius 2 is 1.39 bits per heavy atom. The van der Waals surface area contributed by atoms with Crippen LogP contribution in [0, 0.1) is 0 Å². The summed E-state index contributed by atoms with van der Waals surface area (Å²) in [6.07, 6.45) is 0.744. The van der Waals surface area contributed by atoms with E-state index < -0.39 is 57.1 Å². The SMILES string of the molecule is C=C.C=C.C=C.CC(=O)[C@@]1(O)[C@@](O)(C(C)=O)[C@@](S)(CO)O[C@@]1(C(C)=O)n1ccc(=O)[nH]c1=O. The number of H-pyrrole nitrogens is 1. The molecule has 1 aromatic heterocycles. The van der Waals surface area contributed by atoms with Crippen LogP contribution >= 0.6 is 12.6 Å². The Balaban J connectivity index is 0. The molecule has 0 amide bonds. The van der Waals surface area contributed by atoms with Crippen molar-refractivity contribution >= 4 is 30.0 Å². The number of nitrogens with zero attached hydrogens (tertiary/aromatic N) is 1. The first kappa shape index (κ1) is 32.3. The molecular weight excluding hydrogens is 456 g/mol. The number of ketones is 3. The first-order valence-corrected chi connectivity index (χ1v) is 9.54. The minimum atomic E-state index is -3.37. The van der Waals surface area contributed by atoms with E-state index in [1.54, 1.807) is 0 Å². The Hall–Kier alpha value is -2.90. The lowest BCUT2D eigenvalue weighted by molar-refractivity contribution is -0.208. The van der Waals surface area contributed by atoms with Crippen molar-refractivity contribution in [3.8, 4) is 0 Å². The van der Waals surface area contributed by atoms with E-state index in [0.717, 1.165) is 33.0 Å². The number of aromatic amines is 1. The Bertz CT molecular complexity index is 1000. The minimum Gasteiger partial charge on any atom is -0.392 e. The fraction of sp³-hybridized carbons (Fsp3) is 0.381. The lowest BCUT2D eigenvalue weighted by Crippen LogP contribution is -2.74. The molecule has 0 bridgehead atoms. The maximum atomic E-state index is 12.6. The second-order valence-electron chi connectivity index (χ2n) is 6.26. The van der Waals surface area contributed by atoms with Crippen molar-refractivity contribution in [2.24, 2.45) is 0 Å². The number of thiol groups is 1. The normalized spacial score (nSPS) is 29.7. The van der Waals surface area contributed by atoms with Gasteiger partial charge in [0.2, 0.25) is 16.9 Å². The van der Waals surface area contributed by atoms with Gasteiger partial charge in [0, 0.05) is 12.3 Å². The summed E-state index contributed by atoms with van der Waals surface area (Å²) in [4.78, 5) is 60.2. The molecule has 0 aromatic carbocycles. The van der Waals surface area contributed by atoms with Gasteiger partial charge in [-0.2, -0.15) is 0 Å². The number of aliphatic hydroxyl groups is 3. The van der Waals surface area contributed by atoms with Crippen LogP contribution in [0.1, 0.15) is 20.8 Å². The van der Waals surface area contributed by atoms with Crippen LogP contribution in [0.25, 0.3) is 0 Å². The lowest BCUT2D eigenvalue weighted by Gasteiger charge is -2.42. The number of hydrogen-bond acceptors (Lipinski definition) is 10. The standard InChI is InChI=1S/C15H18N2O9S.3C2H4/c1-7(19)13(24)12(27,6-18)26-15(9(3)21,14(13,25)8(2)20)17-5-4-10(22)16-11(17)23;3*1-2/h4-5,18,24-25,27H,6H2,1-3H3,(H,16,22,23);3*1-2H2/t12-,13+,14+,15+;;;/m0.../s1. The summed E-state index contributed by atoms with van der Waals surface area (Å²) in [5.41, 5.74) is -11.8. The van der Waals surface area contributed by atoms with E-state index in [2.05, 4.69) is 52.1 Å². The maximum absolute atomic E-state index is 12.6. The Morgan fingerprint density at radius 3 is 1.70 bits per heavy atom. The summed E-state index contributed by atoms with van der Waals surface area (Å²) in [6.45, 7) is 19.1. The van der Waals surface area contributed by atoms with Gasteiger partial charge >= 0.3 is 5.69 Å². The number of carbonyl (C=O) groups excluding carboxylic acids is 3. The molecular formula is C21H30N2O9S. The van der Waals surface area contributed by atoms with Crippen LogP contribution < -0.4 is 11.2 Å². The van der Waals surface area contributed by atoms with Gasteiger partial charge in [-0.15, -0.1) is 52.1 Å². The highest BCUT2D eigenvalue weighted by Crippen LogP contribution is 2.57. The third kappa shape index (κ3) is 4.35. The predicted molar refractivity (Wildman–Crippen MR) is 125 cm³/mol. The molecule has 12 heteroatoms. The summed E-state index contributed by atoms with van der Waals surface area (Å²) in [5.74, 6) is -3.76. The molecule has 0 aliphatic carbocycles. The van der Waals surface area contributed by atoms with Crippen LogP contribution in [0.3, 0.4) is 0 Å². The number of Topliss-reactive ketones (excluding diaryl/α,β-unsaturated/α-hetero) is 3. The van der Waals surface area contributed by atoms with Crippen molar-refractivity contribution in [2.45, 2.75) is 42.6 Å². The molecule has 1 aliphatic rings. The number of aromatic nitrogens is 2. The lowest BCUT2D eigenvalue weighted by atomic mass is 9.69. The zero-order valence-corrected chi connectivity index (χ0v) is 19.7. The first-order chi connectivity index (χ1) is 15.3. The van der Waals surface area contributed by atoms with E-state index in [-0.39, 0.29) is 0 Å². The molecule has 4 N–H and O–H groups in total. The van der Waals surface area contributed by atoms with Crippen LogP contribution in [0.2, 0.25) is 0 Å². The van der Waals surface area contributed by atoms with E-state index in [1.165, 1.54) is 0 Å².